The van der Waals surface area contributed by atoms with E-state index in [1.807, 2.05) is 26.8 Å². The molecule has 1 amide bonds. The van der Waals surface area contributed by atoms with Crippen molar-refractivity contribution >= 4 is 22.6 Å². The van der Waals surface area contributed by atoms with Crippen LogP contribution >= 0.6 is 0 Å². The smallest absolute Gasteiger partial charge is 0.322 e. The van der Waals surface area contributed by atoms with Crippen LogP contribution < -0.4 is 10.0 Å². The predicted molar refractivity (Wildman–Crippen MR) is 118 cm³/mol. The Balaban J connectivity index is 1.68. The normalized spacial score (nSPS) is 11.6. The minimum Gasteiger partial charge on any atom is -0.322 e. The summed E-state index contributed by atoms with van der Waals surface area (Å²) in [4.78, 5) is 26.0. The van der Waals surface area contributed by atoms with Crippen molar-refractivity contribution in [1.82, 2.24) is 15.0 Å². The van der Waals surface area contributed by atoms with Crippen LogP contribution in [0, 0.1) is 13.8 Å². The fourth-order valence-electron chi connectivity index (χ4n) is 3.57. The molecule has 0 unspecified atom stereocenters. The highest BCUT2D eigenvalue weighted by Gasteiger charge is 2.42. The predicted octanol–water partition coefficient (Wildman–Crippen LogP) is 4.67. The molecule has 4 rings (SSSR count). The van der Waals surface area contributed by atoms with E-state index in [0.717, 1.165) is 40.0 Å². The lowest BCUT2D eigenvalue weighted by molar-refractivity contribution is -0.915. The van der Waals surface area contributed by atoms with Crippen molar-refractivity contribution in [2.45, 2.75) is 33.4 Å². The van der Waals surface area contributed by atoms with Gasteiger partial charge in [0, 0.05) is 51.8 Å². The number of anilines is 1. The molecule has 0 aliphatic carbocycles. The highest BCUT2D eigenvalue weighted by Crippen LogP contribution is 2.31. The molecule has 0 saturated heterocycles. The van der Waals surface area contributed by atoms with Gasteiger partial charge in [-0.25, -0.2) is 15.0 Å². The van der Waals surface area contributed by atoms with Gasteiger partial charge in [0.2, 0.25) is 6.20 Å². The van der Waals surface area contributed by atoms with Crippen LogP contribution in [0.3, 0.4) is 0 Å². The first-order chi connectivity index (χ1) is 16.1. The van der Waals surface area contributed by atoms with Crippen LogP contribution in [-0.4, -0.2) is 26.1 Å². The average Bonchev–Trinajstić information content (AvgIpc) is 2.79. The zero-order valence-electron chi connectivity index (χ0n) is 18.6. The first kappa shape index (κ1) is 23.1. The molecule has 3 aromatic heterocycles. The Bertz CT molecular complexity index is 1420. The number of aryl methyl sites for hydroxylation is 3. The van der Waals surface area contributed by atoms with Crippen LogP contribution in [0.5, 0.6) is 0 Å². The molecular weight excluding hydrogens is 447 g/mol. The van der Waals surface area contributed by atoms with Crippen molar-refractivity contribution in [3.05, 3.63) is 77.1 Å². The van der Waals surface area contributed by atoms with Gasteiger partial charge in [0.1, 0.15) is 5.82 Å². The fourth-order valence-corrected chi connectivity index (χ4v) is 3.57. The third kappa shape index (κ3) is 4.52. The highest BCUT2D eigenvalue weighted by molar-refractivity contribution is 6.04. The zero-order valence-corrected chi connectivity index (χ0v) is 18.6. The summed E-state index contributed by atoms with van der Waals surface area (Å²) in [6.45, 7) is 5.74. The summed E-state index contributed by atoms with van der Waals surface area (Å²) >= 11 is 0. The molecule has 174 valence electrons. The molecule has 2 N–H and O–H groups in total. The molecule has 4 aromatic rings. The maximum Gasteiger partial charge on any atom is 0.482 e. The number of carbonyl (C=O) groups excluding carboxylic acids is 1. The Morgan fingerprint density at radius 3 is 2.56 bits per heavy atom. The zero-order chi connectivity index (χ0) is 24.6. The Morgan fingerprint density at radius 1 is 1.09 bits per heavy atom. The van der Waals surface area contributed by atoms with Gasteiger partial charge in [0.25, 0.3) is 5.91 Å². The minimum atomic E-state index is -4.82. The van der Waals surface area contributed by atoms with Crippen LogP contribution in [0.15, 0.2) is 48.8 Å². The Labute approximate surface area is 192 Å². The lowest BCUT2D eigenvalue weighted by Crippen LogP contribution is -2.39. The Hall–Kier alpha value is -4.08. The number of carbonyl (C=O) groups is 1. The van der Waals surface area contributed by atoms with Gasteiger partial charge < -0.3 is 5.32 Å². The molecule has 0 bridgehead atoms. The largest absolute Gasteiger partial charge is 0.482 e. The lowest BCUT2D eigenvalue weighted by atomic mass is 9.98. The van der Waals surface area contributed by atoms with Crippen molar-refractivity contribution in [1.29, 1.82) is 0 Å². The molecule has 0 saturated carbocycles. The van der Waals surface area contributed by atoms with E-state index in [1.54, 1.807) is 24.4 Å². The fraction of sp³-hybridized carbons (Fsp3) is 0.208. The van der Waals surface area contributed by atoms with Gasteiger partial charge in [-0.15, -0.1) is 0 Å². The number of hydrogen-bond donors (Lipinski definition) is 2. The van der Waals surface area contributed by atoms with E-state index in [1.165, 1.54) is 0 Å². The molecule has 34 heavy (non-hydrogen) atoms. The Morgan fingerprint density at radius 2 is 1.85 bits per heavy atom. The summed E-state index contributed by atoms with van der Waals surface area (Å²) in [6, 6.07) is 8.83. The summed E-state index contributed by atoms with van der Waals surface area (Å²) in [5, 5.41) is 12.8. The maximum absolute atomic E-state index is 13.1. The van der Waals surface area contributed by atoms with Gasteiger partial charge in [-0.2, -0.15) is 13.2 Å². The number of hydrogen-bond acceptors (Lipinski definition) is 5. The summed E-state index contributed by atoms with van der Waals surface area (Å²) < 4.78 is 39.1. The third-order valence-corrected chi connectivity index (χ3v) is 5.40. The second-order valence-corrected chi connectivity index (χ2v) is 7.80. The van der Waals surface area contributed by atoms with E-state index in [9.17, 15) is 23.2 Å². The van der Waals surface area contributed by atoms with Crippen LogP contribution in [0.2, 0.25) is 0 Å². The molecule has 7 nitrogen and oxygen atoms in total. The van der Waals surface area contributed by atoms with Gasteiger partial charge in [-0.3, -0.25) is 10.0 Å². The van der Waals surface area contributed by atoms with E-state index in [4.69, 9.17) is 0 Å². The van der Waals surface area contributed by atoms with Crippen LogP contribution in [-0.2, 0) is 12.6 Å². The van der Waals surface area contributed by atoms with Gasteiger partial charge >= 0.3 is 11.9 Å². The van der Waals surface area contributed by atoms with Crippen molar-refractivity contribution in [2.75, 3.05) is 5.32 Å². The molecule has 3 heterocycles. The third-order valence-electron chi connectivity index (χ3n) is 5.40. The topological polar surface area (TPSA) is 91.9 Å². The minimum absolute atomic E-state index is 0.0660. The monoisotopic (exact) mass is 468 g/mol. The first-order valence-corrected chi connectivity index (χ1v) is 10.4. The first-order valence-electron chi connectivity index (χ1n) is 10.4. The van der Waals surface area contributed by atoms with Gasteiger partial charge in [0.15, 0.2) is 5.65 Å². The van der Waals surface area contributed by atoms with E-state index in [0.29, 0.717) is 29.6 Å². The van der Waals surface area contributed by atoms with Crippen LogP contribution in [0.4, 0.5) is 18.9 Å². The number of halogens is 3. The summed E-state index contributed by atoms with van der Waals surface area (Å²) in [5.41, 5.74) is 2.70. The maximum atomic E-state index is 13.1. The van der Waals surface area contributed by atoms with Crippen molar-refractivity contribution in [2.24, 2.45) is 0 Å². The van der Waals surface area contributed by atoms with Crippen molar-refractivity contribution in [3.8, 4) is 11.1 Å². The molecule has 0 aliphatic rings. The van der Waals surface area contributed by atoms with Crippen molar-refractivity contribution < 1.29 is 27.9 Å². The van der Waals surface area contributed by atoms with Crippen molar-refractivity contribution in [3.63, 3.8) is 0 Å². The number of nitrogens with zero attached hydrogens (tertiary/aromatic N) is 4. The van der Waals surface area contributed by atoms with Gasteiger partial charge in [-0.05, 0) is 43.2 Å². The molecule has 10 heteroatoms. The number of alkyl halides is 3. The molecule has 1 aromatic carbocycles. The second kappa shape index (κ2) is 8.69. The number of aromatic nitrogens is 4. The van der Waals surface area contributed by atoms with Crippen LogP contribution in [0.25, 0.3) is 22.2 Å². The lowest BCUT2D eigenvalue weighted by Gasteiger charge is -2.13. The van der Waals surface area contributed by atoms with E-state index < -0.39 is 17.8 Å². The van der Waals surface area contributed by atoms with Crippen LogP contribution in [0.1, 0.15) is 40.1 Å². The molecule has 0 spiro atoms. The summed E-state index contributed by atoms with van der Waals surface area (Å²) in [5.74, 6) is -0.0379. The highest BCUT2D eigenvalue weighted by atomic mass is 19.4. The van der Waals surface area contributed by atoms with E-state index >= 15 is 0 Å². The van der Waals surface area contributed by atoms with E-state index in [-0.39, 0.29) is 10.3 Å². The number of amides is 1. The average molecular weight is 468 g/mol. The number of pyridine rings is 2. The molecule has 0 aliphatic heterocycles. The summed E-state index contributed by atoms with van der Waals surface area (Å²) in [6.07, 6.45) is -1.62. The molecule has 0 atom stereocenters. The van der Waals surface area contributed by atoms with Gasteiger partial charge in [-0.1, -0.05) is 13.0 Å². The quantitative estimate of drug-likeness (QED) is 0.336. The number of fused-ring (bicyclic) bond motifs is 1. The molecular formula is C24H21F3N5O2+. The molecule has 0 radical (unpaired) electrons. The Kier molecular flexibility index (Phi) is 5.90. The van der Waals surface area contributed by atoms with E-state index in [2.05, 4.69) is 20.3 Å². The number of rotatable bonds is 4. The standard InChI is InChI=1S/C24H20F3N5O2/c1-4-21-28-12-16-9-19(14(3)29-22(16)31-21)18-11-17(6-5-13(18)2)30-23(33)15-7-8-32(34)20(10-15)24(25,26)27/h5-12H,4H2,1-3H3,(H-,30,33,34)/p+1. The SMILES string of the molecule is CCc1ncc2cc(-c3cc(NC(=O)c4cc[n+](O)c(C(F)(F)F)c4)ccc3C)c(C)nc2n1. The number of nitrogens with one attached hydrogen (secondary N) is 1. The van der Waals surface area contributed by atoms with Gasteiger partial charge in [0.05, 0.1) is 5.56 Å². The second-order valence-electron chi connectivity index (χ2n) is 7.80. The number of benzene rings is 1. The summed E-state index contributed by atoms with van der Waals surface area (Å²) in [7, 11) is 0. The molecule has 0 fully saturated rings.